The molecular formula is C15H16BrNO2. The van der Waals surface area contributed by atoms with Gasteiger partial charge in [0.05, 0.1) is 12.3 Å². The van der Waals surface area contributed by atoms with Crippen molar-refractivity contribution in [3.63, 3.8) is 0 Å². The van der Waals surface area contributed by atoms with Crippen LogP contribution in [0.2, 0.25) is 0 Å². The first kappa shape index (κ1) is 13.9. The van der Waals surface area contributed by atoms with Crippen molar-refractivity contribution in [1.29, 1.82) is 0 Å². The smallest absolute Gasteiger partial charge is 0.220 e. The molecule has 1 heterocycles. The van der Waals surface area contributed by atoms with Gasteiger partial charge in [0.15, 0.2) is 0 Å². The summed E-state index contributed by atoms with van der Waals surface area (Å²) in [7, 11) is 0. The van der Waals surface area contributed by atoms with Gasteiger partial charge in [0.1, 0.15) is 5.76 Å². The van der Waals surface area contributed by atoms with Gasteiger partial charge < -0.3 is 9.73 Å². The summed E-state index contributed by atoms with van der Waals surface area (Å²) in [5.74, 6) is 0.870. The van der Waals surface area contributed by atoms with Crippen molar-refractivity contribution in [3.8, 4) is 0 Å². The molecule has 1 atom stereocenters. The zero-order valence-electron chi connectivity index (χ0n) is 10.5. The number of amides is 1. The van der Waals surface area contributed by atoms with Gasteiger partial charge in [-0.3, -0.25) is 4.79 Å². The summed E-state index contributed by atoms with van der Waals surface area (Å²) in [5.41, 5.74) is 1.10. The molecule has 1 amide bonds. The fraction of sp³-hybridized carbons (Fsp3) is 0.267. The summed E-state index contributed by atoms with van der Waals surface area (Å²) in [6.45, 7) is 0. The maximum Gasteiger partial charge on any atom is 0.220 e. The lowest BCUT2D eigenvalue weighted by Gasteiger charge is -2.16. The Balaban J connectivity index is 1.86. The number of nitrogens with one attached hydrogen (secondary N) is 1. The molecule has 2 rings (SSSR count). The zero-order valence-corrected chi connectivity index (χ0v) is 12.1. The number of hydrogen-bond acceptors (Lipinski definition) is 2. The van der Waals surface area contributed by atoms with Crippen LogP contribution in [-0.2, 0) is 11.2 Å². The molecule has 1 aromatic heterocycles. The molecule has 0 aliphatic carbocycles. The second-order valence-electron chi connectivity index (χ2n) is 4.26. The first-order chi connectivity index (χ1) is 9.29. The quantitative estimate of drug-likeness (QED) is 0.828. The molecule has 1 unspecified atom stereocenters. The van der Waals surface area contributed by atoms with Crippen LogP contribution in [0, 0.1) is 0 Å². The van der Waals surface area contributed by atoms with Crippen LogP contribution in [0.25, 0.3) is 0 Å². The highest BCUT2D eigenvalue weighted by molar-refractivity contribution is 9.09. The van der Waals surface area contributed by atoms with E-state index < -0.39 is 0 Å². The number of hydrogen-bond donors (Lipinski definition) is 1. The minimum atomic E-state index is 0.00491. The number of rotatable bonds is 6. The molecule has 0 spiro atoms. The van der Waals surface area contributed by atoms with E-state index >= 15 is 0 Å². The average molecular weight is 322 g/mol. The van der Waals surface area contributed by atoms with Crippen LogP contribution in [0.1, 0.15) is 23.8 Å². The highest BCUT2D eigenvalue weighted by Gasteiger charge is 2.13. The molecule has 0 bridgehead atoms. The van der Waals surface area contributed by atoms with E-state index in [0.29, 0.717) is 18.2 Å². The molecule has 0 fully saturated rings. The van der Waals surface area contributed by atoms with Crippen molar-refractivity contribution in [2.24, 2.45) is 0 Å². The number of carbonyl (C=O) groups is 1. The molecule has 1 N–H and O–H groups in total. The van der Waals surface area contributed by atoms with Crippen LogP contribution in [-0.4, -0.2) is 11.2 Å². The molecule has 4 heteroatoms. The molecular weight excluding hydrogens is 306 g/mol. The van der Waals surface area contributed by atoms with E-state index in [1.54, 1.807) is 6.26 Å². The van der Waals surface area contributed by atoms with Crippen molar-refractivity contribution in [2.75, 3.05) is 5.33 Å². The monoisotopic (exact) mass is 321 g/mol. The Morgan fingerprint density at radius 3 is 2.63 bits per heavy atom. The van der Waals surface area contributed by atoms with Crippen molar-refractivity contribution >= 4 is 21.8 Å². The highest BCUT2D eigenvalue weighted by atomic mass is 79.9. The molecule has 0 aliphatic rings. The summed E-state index contributed by atoms with van der Waals surface area (Å²) < 4.78 is 5.21. The number of benzene rings is 1. The molecule has 1 aromatic carbocycles. The Morgan fingerprint density at radius 1 is 1.21 bits per heavy atom. The van der Waals surface area contributed by atoms with Gasteiger partial charge in [-0.2, -0.15) is 0 Å². The summed E-state index contributed by atoms with van der Waals surface area (Å²) >= 11 is 3.44. The fourth-order valence-electron chi connectivity index (χ4n) is 1.85. The van der Waals surface area contributed by atoms with Crippen molar-refractivity contribution in [3.05, 3.63) is 60.1 Å². The maximum absolute atomic E-state index is 11.9. The Kier molecular flexibility index (Phi) is 5.21. The molecule has 19 heavy (non-hydrogen) atoms. The lowest BCUT2D eigenvalue weighted by Crippen LogP contribution is -2.29. The first-order valence-electron chi connectivity index (χ1n) is 6.22. The van der Waals surface area contributed by atoms with E-state index in [9.17, 15) is 4.79 Å². The van der Waals surface area contributed by atoms with Crippen molar-refractivity contribution in [1.82, 2.24) is 5.32 Å². The van der Waals surface area contributed by atoms with Crippen molar-refractivity contribution in [2.45, 2.75) is 18.9 Å². The Hall–Kier alpha value is -1.55. The molecule has 2 aromatic rings. The van der Waals surface area contributed by atoms with E-state index in [2.05, 4.69) is 21.2 Å². The molecule has 0 saturated carbocycles. The SMILES string of the molecule is O=C(CCc1ccco1)NC(CBr)c1ccccc1. The largest absolute Gasteiger partial charge is 0.469 e. The molecule has 100 valence electrons. The van der Waals surface area contributed by atoms with Gasteiger partial charge in [-0.1, -0.05) is 46.3 Å². The second-order valence-corrected chi connectivity index (χ2v) is 4.91. The lowest BCUT2D eigenvalue weighted by atomic mass is 10.1. The van der Waals surface area contributed by atoms with Gasteiger partial charge in [-0.05, 0) is 17.7 Å². The Bertz CT molecular complexity index is 496. The van der Waals surface area contributed by atoms with E-state index in [1.165, 1.54) is 0 Å². The van der Waals surface area contributed by atoms with Crippen LogP contribution < -0.4 is 5.32 Å². The number of alkyl halides is 1. The van der Waals surface area contributed by atoms with Crippen LogP contribution in [0.5, 0.6) is 0 Å². The molecule has 3 nitrogen and oxygen atoms in total. The highest BCUT2D eigenvalue weighted by Crippen LogP contribution is 2.15. The van der Waals surface area contributed by atoms with Crippen LogP contribution in [0.4, 0.5) is 0 Å². The van der Waals surface area contributed by atoms with E-state index in [1.807, 2.05) is 42.5 Å². The standard InChI is InChI=1S/C15H16BrNO2/c16-11-14(12-5-2-1-3-6-12)17-15(18)9-8-13-7-4-10-19-13/h1-7,10,14H,8-9,11H2,(H,17,18). The number of aryl methyl sites for hydroxylation is 1. The predicted octanol–water partition coefficient (Wildman–Crippen LogP) is 3.46. The molecule has 0 saturated heterocycles. The summed E-state index contributed by atoms with van der Waals surface area (Å²) in [5, 5.41) is 3.72. The second kappa shape index (κ2) is 7.14. The van der Waals surface area contributed by atoms with E-state index in [-0.39, 0.29) is 11.9 Å². The zero-order chi connectivity index (χ0) is 13.5. The number of furan rings is 1. The average Bonchev–Trinajstić information content (AvgIpc) is 2.97. The summed E-state index contributed by atoms with van der Waals surface area (Å²) in [6, 6.07) is 13.7. The fourth-order valence-corrected chi connectivity index (χ4v) is 2.39. The van der Waals surface area contributed by atoms with Gasteiger partial charge >= 0.3 is 0 Å². The number of carbonyl (C=O) groups excluding carboxylic acids is 1. The Morgan fingerprint density at radius 2 is 2.00 bits per heavy atom. The molecule has 0 radical (unpaired) electrons. The van der Waals surface area contributed by atoms with Gasteiger partial charge in [-0.25, -0.2) is 0 Å². The van der Waals surface area contributed by atoms with E-state index in [0.717, 1.165) is 11.3 Å². The predicted molar refractivity (Wildman–Crippen MR) is 78.1 cm³/mol. The van der Waals surface area contributed by atoms with Crippen molar-refractivity contribution < 1.29 is 9.21 Å². The van der Waals surface area contributed by atoms with E-state index in [4.69, 9.17) is 4.42 Å². The van der Waals surface area contributed by atoms with Gasteiger partial charge in [0, 0.05) is 18.2 Å². The third-order valence-corrected chi connectivity index (χ3v) is 3.52. The summed E-state index contributed by atoms with van der Waals surface area (Å²) in [6.07, 6.45) is 2.69. The first-order valence-corrected chi connectivity index (χ1v) is 7.34. The minimum absolute atomic E-state index is 0.00491. The molecule has 0 aliphatic heterocycles. The third-order valence-electron chi connectivity index (χ3n) is 2.87. The summed E-state index contributed by atoms with van der Waals surface area (Å²) in [4.78, 5) is 11.9. The minimum Gasteiger partial charge on any atom is -0.469 e. The van der Waals surface area contributed by atoms with Gasteiger partial charge in [0.2, 0.25) is 5.91 Å². The van der Waals surface area contributed by atoms with Gasteiger partial charge in [0.25, 0.3) is 0 Å². The van der Waals surface area contributed by atoms with Crippen LogP contribution in [0.15, 0.2) is 53.1 Å². The number of halogens is 1. The Labute approximate surface area is 121 Å². The lowest BCUT2D eigenvalue weighted by molar-refractivity contribution is -0.121. The normalized spacial score (nSPS) is 12.1. The topological polar surface area (TPSA) is 42.2 Å². The third kappa shape index (κ3) is 4.24. The van der Waals surface area contributed by atoms with Gasteiger partial charge in [-0.15, -0.1) is 0 Å². The van der Waals surface area contributed by atoms with Crippen LogP contribution >= 0.6 is 15.9 Å². The maximum atomic E-state index is 11.9. The van der Waals surface area contributed by atoms with Crippen LogP contribution in [0.3, 0.4) is 0 Å².